The van der Waals surface area contributed by atoms with Crippen LogP contribution in [0.3, 0.4) is 0 Å². The van der Waals surface area contributed by atoms with Gasteiger partial charge in [-0.1, -0.05) is 6.07 Å². The summed E-state index contributed by atoms with van der Waals surface area (Å²) < 4.78 is 21.6. The maximum atomic E-state index is 13.8. The SMILES string of the molecule is COc1cc2c(cc1OC)[C@@H]1Cc3ccc(OC)c(OC)c3C[N@+]1([O-])CC2. The van der Waals surface area contributed by atoms with Gasteiger partial charge in [-0.3, -0.25) is 0 Å². The van der Waals surface area contributed by atoms with Crippen molar-refractivity contribution >= 4 is 0 Å². The zero-order valence-corrected chi connectivity index (χ0v) is 16.2. The molecule has 0 bridgehead atoms. The van der Waals surface area contributed by atoms with E-state index in [2.05, 4.69) is 6.07 Å². The van der Waals surface area contributed by atoms with Crippen LogP contribution in [0.1, 0.15) is 28.3 Å². The molecule has 6 heteroatoms. The number of fused-ring (bicyclic) bond motifs is 4. The number of quaternary nitrogens is 1. The van der Waals surface area contributed by atoms with Gasteiger partial charge in [-0.05, 0) is 29.3 Å². The molecule has 0 saturated heterocycles. The van der Waals surface area contributed by atoms with Crippen LogP contribution in [-0.4, -0.2) is 39.6 Å². The van der Waals surface area contributed by atoms with Crippen molar-refractivity contribution in [3.63, 3.8) is 0 Å². The fourth-order valence-electron chi connectivity index (χ4n) is 4.52. The number of ether oxygens (including phenoxy) is 4. The molecule has 0 fully saturated rings. The largest absolute Gasteiger partial charge is 0.632 e. The summed E-state index contributed by atoms with van der Waals surface area (Å²) in [6.45, 7) is 0.918. The standard InChI is InChI=1S/C21H25NO5/c1-24-18-6-5-13-9-17-15-11-20(26-3)19(25-2)10-14(15)7-8-22(17,23)12-16(13)21(18)27-4/h5-6,10-11,17H,7-9,12H2,1-4H3/t17-,22+/m0/s1. The minimum atomic E-state index is -0.279. The van der Waals surface area contributed by atoms with Crippen LogP contribution in [0, 0.1) is 5.21 Å². The number of hydrogen-bond donors (Lipinski definition) is 0. The van der Waals surface area contributed by atoms with E-state index in [4.69, 9.17) is 18.9 Å². The van der Waals surface area contributed by atoms with Crippen molar-refractivity contribution < 1.29 is 23.6 Å². The van der Waals surface area contributed by atoms with Gasteiger partial charge in [0.25, 0.3) is 0 Å². The summed E-state index contributed by atoms with van der Waals surface area (Å²) in [6, 6.07) is 7.81. The second-order valence-electron chi connectivity index (χ2n) is 7.15. The molecular weight excluding hydrogens is 346 g/mol. The van der Waals surface area contributed by atoms with Gasteiger partial charge in [0.1, 0.15) is 12.6 Å². The Morgan fingerprint density at radius 2 is 1.59 bits per heavy atom. The molecule has 2 aliphatic heterocycles. The summed E-state index contributed by atoms with van der Waals surface area (Å²) in [5.74, 6) is 2.73. The second kappa shape index (κ2) is 6.62. The Labute approximate surface area is 159 Å². The van der Waals surface area contributed by atoms with Crippen molar-refractivity contribution in [1.82, 2.24) is 0 Å². The van der Waals surface area contributed by atoms with Crippen LogP contribution >= 0.6 is 0 Å². The zero-order chi connectivity index (χ0) is 19.2. The average Bonchev–Trinajstić information content (AvgIpc) is 2.70. The van der Waals surface area contributed by atoms with E-state index in [-0.39, 0.29) is 10.7 Å². The summed E-state index contributed by atoms with van der Waals surface area (Å²) in [5.41, 5.74) is 4.34. The minimum Gasteiger partial charge on any atom is -0.632 e. The highest BCUT2D eigenvalue weighted by Gasteiger charge is 2.42. The predicted octanol–water partition coefficient (Wildman–Crippen LogP) is 3.39. The molecule has 0 aromatic heterocycles. The normalized spacial score (nSPS) is 22.9. The zero-order valence-electron chi connectivity index (χ0n) is 16.2. The third kappa shape index (κ3) is 2.71. The fraction of sp³-hybridized carbons (Fsp3) is 0.429. The Hall–Kier alpha value is -2.44. The van der Waals surface area contributed by atoms with Crippen molar-refractivity contribution in [3.05, 3.63) is 51.7 Å². The monoisotopic (exact) mass is 371 g/mol. The fourth-order valence-corrected chi connectivity index (χ4v) is 4.52. The van der Waals surface area contributed by atoms with Crippen molar-refractivity contribution in [2.24, 2.45) is 0 Å². The molecule has 4 rings (SSSR count). The maximum absolute atomic E-state index is 13.8. The first-order chi connectivity index (χ1) is 13.0. The van der Waals surface area contributed by atoms with Gasteiger partial charge >= 0.3 is 0 Å². The number of methoxy groups -OCH3 is 4. The van der Waals surface area contributed by atoms with Gasteiger partial charge in [-0.2, -0.15) is 0 Å². The molecule has 0 unspecified atom stereocenters. The van der Waals surface area contributed by atoms with E-state index in [1.54, 1.807) is 28.4 Å². The van der Waals surface area contributed by atoms with Crippen LogP contribution in [0.15, 0.2) is 24.3 Å². The third-order valence-corrected chi connectivity index (χ3v) is 5.92. The van der Waals surface area contributed by atoms with Crippen LogP contribution in [0.2, 0.25) is 0 Å². The van der Waals surface area contributed by atoms with E-state index in [9.17, 15) is 5.21 Å². The number of nitrogens with zero attached hydrogens (tertiary/aromatic N) is 1. The lowest BCUT2D eigenvalue weighted by Crippen LogP contribution is -2.52. The van der Waals surface area contributed by atoms with Crippen LogP contribution < -0.4 is 18.9 Å². The number of hydroxylamine groups is 3. The van der Waals surface area contributed by atoms with Crippen LogP contribution in [0.4, 0.5) is 0 Å². The van der Waals surface area contributed by atoms with E-state index < -0.39 is 0 Å². The van der Waals surface area contributed by atoms with Crippen molar-refractivity contribution in [1.29, 1.82) is 0 Å². The Morgan fingerprint density at radius 3 is 2.26 bits per heavy atom. The van der Waals surface area contributed by atoms with Gasteiger partial charge in [0.05, 0.1) is 40.5 Å². The lowest BCUT2D eigenvalue weighted by molar-refractivity contribution is -0.928. The summed E-state index contributed by atoms with van der Waals surface area (Å²) in [5, 5.41) is 13.8. The summed E-state index contributed by atoms with van der Waals surface area (Å²) in [6.07, 6.45) is 1.39. The molecule has 27 heavy (non-hydrogen) atoms. The molecule has 2 aromatic carbocycles. The van der Waals surface area contributed by atoms with Crippen molar-refractivity contribution in [3.8, 4) is 23.0 Å². The van der Waals surface area contributed by atoms with Gasteiger partial charge in [0, 0.05) is 18.4 Å². The number of benzene rings is 2. The molecule has 2 aromatic rings. The lowest BCUT2D eigenvalue weighted by Gasteiger charge is -2.54. The topological polar surface area (TPSA) is 60.0 Å². The number of rotatable bonds is 4. The maximum Gasteiger partial charge on any atom is 0.169 e. The van der Waals surface area contributed by atoms with E-state index in [1.807, 2.05) is 18.2 Å². The first-order valence-electron chi connectivity index (χ1n) is 9.10. The molecule has 2 atom stereocenters. The summed E-state index contributed by atoms with van der Waals surface area (Å²) in [4.78, 5) is 0. The molecule has 2 heterocycles. The van der Waals surface area contributed by atoms with Crippen LogP contribution in [-0.2, 0) is 19.4 Å². The van der Waals surface area contributed by atoms with Crippen LogP contribution in [0.25, 0.3) is 0 Å². The molecule has 2 aliphatic rings. The smallest absolute Gasteiger partial charge is 0.169 e. The van der Waals surface area contributed by atoms with Gasteiger partial charge in [-0.15, -0.1) is 0 Å². The van der Waals surface area contributed by atoms with E-state index >= 15 is 0 Å². The molecule has 6 nitrogen and oxygen atoms in total. The quantitative estimate of drug-likeness (QED) is 0.609. The molecule has 0 N–H and O–H groups in total. The number of hydrogen-bond acceptors (Lipinski definition) is 5. The van der Waals surface area contributed by atoms with E-state index in [1.165, 1.54) is 5.56 Å². The average molecular weight is 371 g/mol. The second-order valence-corrected chi connectivity index (χ2v) is 7.15. The highest BCUT2D eigenvalue weighted by atomic mass is 16.6. The van der Waals surface area contributed by atoms with E-state index in [0.29, 0.717) is 42.5 Å². The molecule has 0 amide bonds. The van der Waals surface area contributed by atoms with Crippen molar-refractivity contribution in [2.45, 2.75) is 25.4 Å². The van der Waals surface area contributed by atoms with Gasteiger partial charge in [-0.25, -0.2) is 0 Å². The lowest BCUT2D eigenvalue weighted by atomic mass is 9.83. The summed E-state index contributed by atoms with van der Waals surface area (Å²) >= 11 is 0. The van der Waals surface area contributed by atoms with Gasteiger partial charge in [0.15, 0.2) is 23.0 Å². The molecular formula is C21H25NO5. The minimum absolute atomic E-state index is 0.154. The Balaban J connectivity index is 1.82. The molecule has 144 valence electrons. The Kier molecular flexibility index (Phi) is 4.40. The highest BCUT2D eigenvalue weighted by molar-refractivity contribution is 5.53. The highest BCUT2D eigenvalue weighted by Crippen LogP contribution is 2.49. The molecule has 0 spiro atoms. The first-order valence-corrected chi connectivity index (χ1v) is 9.10. The third-order valence-electron chi connectivity index (χ3n) is 5.92. The van der Waals surface area contributed by atoms with Gasteiger partial charge < -0.3 is 28.8 Å². The molecule has 0 radical (unpaired) electrons. The first kappa shape index (κ1) is 17.9. The van der Waals surface area contributed by atoms with Gasteiger partial charge in [0.2, 0.25) is 0 Å². The molecule has 0 aliphatic carbocycles. The Morgan fingerprint density at radius 1 is 0.889 bits per heavy atom. The van der Waals surface area contributed by atoms with Crippen molar-refractivity contribution in [2.75, 3.05) is 35.0 Å². The Bertz CT molecular complexity index is 881. The predicted molar refractivity (Wildman–Crippen MR) is 101 cm³/mol. The summed E-state index contributed by atoms with van der Waals surface area (Å²) in [7, 11) is 6.51. The van der Waals surface area contributed by atoms with Crippen LogP contribution in [0.5, 0.6) is 23.0 Å². The van der Waals surface area contributed by atoms with E-state index in [0.717, 1.165) is 23.1 Å². The molecule has 0 saturated carbocycles.